The number of carbonyl (C=O) groups is 1. The Hall–Kier alpha value is -2.53. The average molecular weight is 423 g/mol. The molecule has 1 N–H and O–H groups in total. The van der Waals surface area contributed by atoms with Crippen molar-refractivity contribution in [1.82, 2.24) is 4.90 Å². The second-order valence-corrected chi connectivity index (χ2v) is 8.82. The fourth-order valence-corrected chi connectivity index (χ4v) is 4.72. The first-order valence-electron chi connectivity index (χ1n) is 11.7. The van der Waals surface area contributed by atoms with Crippen LogP contribution in [0.5, 0.6) is 11.5 Å². The van der Waals surface area contributed by atoms with Gasteiger partial charge < -0.3 is 14.7 Å². The standard InChI is InChI=1S/C26H34N2O3/c29-24-10-6-7-21(19-24)20-28(26(30)22-8-2-1-3-9-22)23-11-13-25(14-12-23)31-18-17-27-15-4-5-16-27/h6-7,10-14,19,22,29H,1-5,8-9,15-18,20H2. The van der Waals surface area contributed by atoms with Crippen molar-refractivity contribution in [3.63, 3.8) is 0 Å². The summed E-state index contributed by atoms with van der Waals surface area (Å²) < 4.78 is 5.94. The molecular weight excluding hydrogens is 388 g/mol. The summed E-state index contributed by atoms with van der Waals surface area (Å²) in [4.78, 5) is 17.7. The van der Waals surface area contributed by atoms with Crippen LogP contribution in [0.3, 0.4) is 0 Å². The third kappa shape index (κ3) is 6.01. The van der Waals surface area contributed by atoms with E-state index in [2.05, 4.69) is 4.90 Å². The number of anilines is 1. The number of amides is 1. The molecule has 0 atom stereocenters. The Labute approximate surface area is 185 Å². The minimum atomic E-state index is 0.0856. The summed E-state index contributed by atoms with van der Waals surface area (Å²) in [5, 5.41) is 9.86. The molecule has 4 rings (SSSR count). The van der Waals surface area contributed by atoms with Crippen molar-refractivity contribution >= 4 is 11.6 Å². The number of likely N-dealkylation sites (tertiary alicyclic amines) is 1. The molecule has 31 heavy (non-hydrogen) atoms. The molecule has 1 aliphatic carbocycles. The van der Waals surface area contributed by atoms with Crippen molar-refractivity contribution in [1.29, 1.82) is 0 Å². The highest BCUT2D eigenvalue weighted by molar-refractivity contribution is 5.95. The fourth-order valence-electron chi connectivity index (χ4n) is 4.72. The van der Waals surface area contributed by atoms with Gasteiger partial charge in [0.15, 0.2) is 0 Å². The Balaban J connectivity index is 1.44. The summed E-state index contributed by atoms with van der Waals surface area (Å²) in [6.07, 6.45) is 7.98. The predicted molar refractivity (Wildman–Crippen MR) is 123 cm³/mol. The van der Waals surface area contributed by atoms with Crippen LogP contribution in [0, 0.1) is 5.92 Å². The molecule has 1 amide bonds. The van der Waals surface area contributed by atoms with Crippen LogP contribution >= 0.6 is 0 Å². The Bertz CT molecular complexity index is 840. The van der Waals surface area contributed by atoms with E-state index >= 15 is 0 Å². The number of nitrogens with zero attached hydrogens (tertiary/aromatic N) is 2. The minimum absolute atomic E-state index is 0.0856. The lowest BCUT2D eigenvalue weighted by molar-refractivity contribution is -0.123. The maximum absolute atomic E-state index is 13.4. The van der Waals surface area contributed by atoms with Crippen LogP contribution in [0.4, 0.5) is 5.69 Å². The molecule has 0 radical (unpaired) electrons. The van der Waals surface area contributed by atoms with Crippen molar-refractivity contribution in [2.75, 3.05) is 31.1 Å². The number of hydrogen-bond donors (Lipinski definition) is 1. The van der Waals surface area contributed by atoms with E-state index < -0.39 is 0 Å². The van der Waals surface area contributed by atoms with Crippen LogP contribution in [-0.2, 0) is 11.3 Å². The highest BCUT2D eigenvalue weighted by atomic mass is 16.5. The van der Waals surface area contributed by atoms with E-state index in [1.165, 1.54) is 32.4 Å². The average Bonchev–Trinajstić information content (AvgIpc) is 3.32. The van der Waals surface area contributed by atoms with Gasteiger partial charge in [-0.25, -0.2) is 0 Å². The Kier molecular flexibility index (Phi) is 7.47. The van der Waals surface area contributed by atoms with Crippen LogP contribution in [0.15, 0.2) is 48.5 Å². The van der Waals surface area contributed by atoms with Crippen molar-refractivity contribution in [2.45, 2.75) is 51.5 Å². The van der Waals surface area contributed by atoms with Crippen LogP contribution in [0.1, 0.15) is 50.5 Å². The number of benzene rings is 2. The van der Waals surface area contributed by atoms with Gasteiger partial charge in [-0.3, -0.25) is 9.69 Å². The summed E-state index contributed by atoms with van der Waals surface area (Å²) in [6, 6.07) is 15.1. The molecular formula is C26H34N2O3. The number of phenolic OH excluding ortho intramolecular Hbond substituents is 1. The molecule has 2 aliphatic rings. The van der Waals surface area contributed by atoms with E-state index in [1.807, 2.05) is 41.3 Å². The lowest BCUT2D eigenvalue weighted by Crippen LogP contribution is -2.36. The largest absolute Gasteiger partial charge is 0.508 e. The molecule has 5 nitrogen and oxygen atoms in total. The molecule has 166 valence electrons. The maximum Gasteiger partial charge on any atom is 0.230 e. The van der Waals surface area contributed by atoms with Crippen LogP contribution in [0.2, 0.25) is 0 Å². The molecule has 0 unspecified atom stereocenters. The monoisotopic (exact) mass is 422 g/mol. The first kappa shape index (κ1) is 21.7. The van der Waals surface area contributed by atoms with Gasteiger partial charge in [0, 0.05) is 18.2 Å². The highest BCUT2D eigenvalue weighted by Crippen LogP contribution is 2.30. The zero-order valence-electron chi connectivity index (χ0n) is 18.3. The smallest absolute Gasteiger partial charge is 0.230 e. The second-order valence-electron chi connectivity index (χ2n) is 8.82. The summed E-state index contributed by atoms with van der Waals surface area (Å²) in [5.41, 5.74) is 1.81. The number of carbonyl (C=O) groups excluding carboxylic acids is 1. The van der Waals surface area contributed by atoms with E-state index in [1.54, 1.807) is 12.1 Å². The van der Waals surface area contributed by atoms with E-state index in [0.29, 0.717) is 13.2 Å². The predicted octanol–water partition coefficient (Wildman–Crippen LogP) is 4.98. The molecule has 0 aromatic heterocycles. The number of ether oxygens (including phenoxy) is 1. The van der Waals surface area contributed by atoms with Crippen LogP contribution in [0.25, 0.3) is 0 Å². The van der Waals surface area contributed by atoms with E-state index in [-0.39, 0.29) is 17.6 Å². The van der Waals surface area contributed by atoms with Crippen molar-refractivity contribution < 1.29 is 14.6 Å². The normalized spacial score (nSPS) is 17.5. The first-order chi connectivity index (χ1) is 15.2. The van der Waals surface area contributed by atoms with Crippen LogP contribution < -0.4 is 9.64 Å². The minimum Gasteiger partial charge on any atom is -0.508 e. The topological polar surface area (TPSA) is 53.0 Å². The molecule has 2 aromatic carbocycles. The number of hydrogen-bond acceptors (Lipinski definition) is 4. The zero-order chi connectivity index (χ0) is 21.5. The fraction of sp³-hybridized carbons (Fsp3) is 0.500. The van der Waals surface area contributed by atoms with Crippen molar-refractivity contribution in [2.24, 2.45) is 5.92 Å². The van der Waals surface area contributed by atoms with Gasteiger partial charge in [-0.15, -0.1) is 0 Å². The molecule has 0 bridgehead atoms. The summed E-state index contributed by atoms with van der Waals surface area (Å²) in [6.45, 7) is 4.46. The third-order valence-electron chi connectivity index (χ3n) is 6.50. The van der Waals surface area contributed by atoms with Crippen molar-refractivity contribution in [3.8, 4) is 11.5 Å². The Morgan fingerprint density at radius 3 is 2.45 bits per heavy atom. The zero-order valence-corrected chi connectivity index (χ0v) is 18.3. The van der Waals surface area contributed by atoms with Gasteiger partial charge >= 0.3 is 0 Å². The van der Waals surface area contributed by atoms with Gasteiger partial charge in [0.05, 0.1) is 6.54 Å². The van der Waals surface area contributed by atoms with E-state index in [0.717, 1.165) is 49.2 Å². The number of rotatable bonds is 8. The molecule has 2 aromatic rings. The highest BCUT2D eigenvalue weighted by Gasteiger charge is 2.27. The van der Waals surface area contributed by atoms with Gasteiger partial charge in [0.25, 0.3) is 0 Å². The summed E-state index contributed by atoms with van der Waals surface area (Å²) in [7, 11) is 0. The lowest BCUT2D eigenvalue weighted by Gasteiger charge is -2.30. The van der Waals surface area contributed by atoms with Gasteiger partial charge in [-0.05, 0) is 80.7 Å². The molecule has 2 fully saturated rings. The van der Waals surface area contributed by atoms with Gasteiger partial charge in [-0.2, -0.15) is 0 Å². The number of aromatic hydroxyl groups is 1. The number of phenols is 1. The van der Waals surface area contributed by atoms with E-state index in [9.17, 15) is 9.90 Å². The second kappa shape index (κ2) is 10.7. The Morgan fingerprint density at radius 2 is 1.74 bits per heavy atom. The van der Waals surface area contributed by atoms with Gasteiger partial charge in [-0.1, -0.05) is 31.4 Å². The van der Waals surface area contributed by atoms with Crippen LogP contribution in [-0.4, -0.2) is 42.2 Å². The Morgan fingerprint density at radius 1 is 1.00 bits per heavy atom. The van der Waals surface area contributed by atoms with Crippen molar-refractivity contribution in [3.05, 3.63) is 54.1 Å². The molecule has 0 spiro atoms. The maximum atomic E-state index is 13.4. The van der Waals surface area contributed by atoms with Gasteiger partial charge in [0.2, 0.25) is 5.91 Å². The lowest BCUT2D eigenvalue weighted by atomic mass is 9.88. The summed E-state index contributed by atoms with van der Waals surface area (Å²) >= 11 is 0. The van der Waals surface area contributed by atoms with Gasteiger partial charge in [0.1, 0.15) is 18.1 Å². The molecule has 5 heteroatoms. The first-order valence-corrected chi connectivity index (χ1v) is 11.7. The summed E-state index contributed by atoms with van der Waals surface area (Å²) in [5.74, 6) is 1.34. The molecule has 1 saturated carbocycles. The molecule has 1 saturated heterocycles. The third-order valence-corrected chi connectivity index (χ3v) is 6.50. The molecule has 1 aliphatic heterocycles. The SMILES string of the molecule is O=C(C1CCCCC1)N(Cc1cccc(O)c1)c1ccc(OCCN2CCCC2)cc1. The van der Waals surface area contributed by atoms with E-state index in [4.69, 9.17) is 4.74 Å². The quantitative estimate of drug-likeness (QED) is 0.652. The molecule has 1 heterocycles.